The van der Waals surface area contributed by atoms with Crippen molar-refractivity contribution < 1.29 is 14.7 Å². The lowest BCUT2D eigenvalue weighted by Gasteiger charge is -2.13. The van der Waals surface area contributed by atoms with Gasteiger partial charge in [0.15, 0.2) is 0 Å². The summed E-state index contributed by atoms with van der Waals surface area (Å²) in [5, 5.41) is 11.2. The molecule has 8 nitrogen and oxygen atoms in total. The van der Waals surface area contributed by atoms with Crippen molar-refractivity contribution in [2.24, 2.45) is 0 Å². The van der Waals surface area contributed by atoms with E-state index in [1.165, 1.54) is 0 Å². The van der Waals surface area contributed by atoms with Gasteiger partial charge in [-0.2, -0.15) is 0 Å². The average molecular weight is 269 g/mol. The Bertz CT molecular complexity index is 574. The Morgan fingerprint density at radius 3 is 2.63 bits per heavy atom. The minimum Gasteiger partial charge on any atom is -0.480 e. The van der Waals surface area contributed by atoms with Crippen molar-refractivity contribution in [1.82, 2.24) is 15.3 Å². The molecule has 0 saturated carbocycles. The minimum atomic E-state index is -1.16. The number of carboxylic acid groups (broad SMARTS) is 1. The Morgan fingerprint density at radius 1 is 1.42 bits per heavy atom. The molecule has 0 saturated heterocycles. The summed E-state index contributed by atoms with van der Waals surface area (Å²) in [5.41, 5.74) is -1.93. The molecule has 1 rings (SSSR count). The van der Waals surface area contributed by atoms with Crippen LogP contribution in [0.2, 0.25) is 0 Å². The lowest BCUT2D eigenvalue weighted by atomic mass is 10.1. The van der Waals surface area contributed by atoms with Crippen LogP contribution in [-0.4, -0.2) is 33.0 Å². The number of hydrogen-bond acceptors (Lipinski definition) is 4. The molecule has 19 heavy (non-hydrogen) atoms. The van der Waals surface area contributed by atoms with E-state index in [0.29, 0.717) is 6.42 Å². The van der Waals surface area contributed by atoms with E-state index >= 15 is 0 Å². The summed E-state index contributed by atoms with van der Waals surface area (Å²) in [6.07, 6.45) is 2.66. The van der Waals surface area contributed by atoms with Gasteiger partial charge in [0.05, 0.1) is 0 Å². The van der Waals surface area contributed by atoms with E-state index in [1.54, 1.807) is 0 Å². The first kappa shape index (κ1) is 14.7. The van der Waals surface area contributed by atoms with Gasteiger partial charge in [-0.15, -0.1) is 0 Å². The number of nitrogens with one attached hydrogen (secondary N) is 3. The summed E-state index contributed by atoms with van der Waals surface area (Å²) in [7, 11) is 0. The third-order valence-corrected chi connectivity index (χ3v) is 2.51. The van der Waals surface area contributed by atoms with Crippen LogP contribution in [0.3, 0.4) is 0 Å². The zero-order chi connectivity index (χ0) is 14.4. The summed E-state index contributed by atoms with van der Waals surface area (Å²) in [6, 6.07) is -1.06. The molecule has 4 N–H and O–H groups in total. The summed E-state index contributed by atoms with van der Waals surface area (Å²) >= 11 is 0. The van der Waals surface area contributed by atoms with Crippen LogP contribution in [0, 0.1) is 0 Å². The van der Waals surface area contributed by atoms with Crippen LogP contribution in [-0.2, 0) is 4.79 Å². The Hall–Kier alpha value is -2.38. The van der Waals surface area contributed by atoms with Crippen molar-refractivity contribution in [2.45, 2.75) is 32.2 Å². The summed E-state index contributed by atoms with van der Waals surface area (Å²) in [4.78, 5) is 48.9. The smallest absolute Gasteiger partial charge is 0.326 e. The van der Waals surface area contributed by atoms with Crippen LogP contribution >= 0.6 is 0 Å². The molecule has 0 radical (unpaired) electrons. The van der Waals surface area contributed by atoms with Gasteiger partial charge < -0.3 is 15.4 Å². The maximum absolute atomic E-state index is 11.7. The quantitative estimate of drug-likeness (QED) is 0.549. The first-order valence-corrected chi connectivity index (χ1v) is 5.81. The van der Waals surface area contributed by atoms with Gasteiger partial charge in [0.25, 0.3) is 11.5 Å². The molecule has 0 aliphatic carbocycles. The first-order chi connectivity index (χ1) is 8.95. The normalized spacial score (nSPS) is 11.8. The second-order valence-electron chi connectivity index (χ2n) is 3.99. The van der Waals surface area contributed by atoms with E-state index in [4.69, 9.17) is 5.11 Å². The molecule has 0 unspecified atom stereocenters. The number of aromatic nitrogens is 2. The number of aliphatic carboxylic acids is 1. The van der Waals surface area contributed by atoms with Gasteiger partial charge in [-0.1, -0.05) is 19.8 Å². The van der Waals surface area contributed by atoms with Crippen LogP contribution in [0.1, 0.15) is 36.5 Å². The Balaban J connectivity index is 2.84. The fraction of sp³-hybridized carbons (Fsp3) is 0.455. The predicted octanol–water partition coefficient (Wildman–Crippen LogP) is -0.564. The number of carboxylic acids is 1. The monoisotopic (exact) mass is 269 g/mol. The molecule has 1 aromatic heterocycles. The fourth-order valence-electron chi connectivity index (χ4n) is 1.48. The van der Waals surface area contributed by atoms with Crippen LogP contribution in [0.5, 0.6) is 0 Å². The van der Waals surface area contributed by atoms with Crippen molar-refractivity contribution in [1.29, 1.82) is 0 Å². The molecular weight excluding hydrogens is 254 g/mol. The highest BCUT2D eigenvalue weighted by Crippen LogP contribution is 2.01. The highest BCUT2D eigenvalue weighted by molar-refractivity contribution is 5.95. The van der Waals surface area contributed by atoms with Gasteiger partial charge in [-0.05, 0) is 6.42 Å². The molecule has 0 aliphatic heterocycles. The third-order valence-electron chi connectivity index (χ3n) is 2.51. The molecule has 1 atom stereocenters. The van der Waals surface area contributed by atoms with E-state index in [0.717, 1.165) is 12.6 Å². The largest absolute Gasteiger partial charge is 0.480 e. The number of amides is 1. The summed E-state index contributed by atoms with van der Waals surface area (Å²) in [5.74, 6) is -2.00. The molecule has 1 amide bonds. The third kappa shape index (κ3) is 4.09. The van der Waals surface area contributed by atoms with Gasteiger partial charge in [0.1, 0.15) is 11.6 Å². The molecular formula is C11H15N3O5. The van der Waals surface area contributed by atoms with Crippen LogP contribution in [0.25, 0.3) is 0 Å². The number of H-pyrrole nitrogens is 2. The van der Waals surface area contributed by atoms with E-state index < -0.39 is 29.2 Å². The average Bonchev–Trinajstić information content (AvgIpc) is 2.33. The number of carbonyl (C=O) groups excluding carboxylic acids is 1. The predicted molar refractivity (Wildman–Crippen MR) is 66.1 cm³/mol. The molecule has 104 valence electrons. The Kier molecular flexibility index (Phi) is 5.04. The standard InChI is InChI=1S/C11H15N3O5/c1-2-3-4-7(10(17)18)13-8(15)6-5-12-11(19)14-9(6)16/h5,7H,2-4H2,1H3,(H,13,15)(H,17,18)(H2,12,14,16,19)/t7-/m0/s1. The van der Waals surface area contributed by atoms with Crippen molar-refractivity contribution in [3.63, 3.8) is 0 Å². The molecule has 1 heterocycles. The lowest BCUT2D eigenvalue weighted by Crippen LogP contribution is -2.43. The molecule has 0 spiro atoms. The van der Waals surface area contributed by atoms with Crippen molar-refractivity contribution >= 4 is 11.9 Å². The topological polar surface area (TPSA) is 132 Å². The second-order valence-corrected chi connectivity index (χ2v) is 3.99. The van der Waals surface area contributed by atoms with E-state index in [2.05, 4.69) is 10.3 Å². The summed E-state index contributed by atoms with van der Waals surface area (Å²) in [6.45, 7) is 1.90. The van der Waals surface area contributed by atoms with Crippen molar-refractivity contribution in [2.75, 3.05) is 0 Å². The first-order valence-electron chi connectivity index (χ1n) is 5.81. The van der Waals surface area contributed by atoms with Crippen LogP contribution < -0.4 is 16.6 Å². The van der Waals surface area contributed by atoms with Crippen molar-refractivity contribution in [3.8, 4) is 0 Å². The zero-order valence-corrected chi connectivity index (χ0v) is 10.4. The number of aromatic amines is 2. The van der Waals surface area contributed by atoms with E-state index in [9.17, 15) is 19.2 Å². The SMILES string of the molecule is CCCC[C@H](NC(=O)c1c[nH]c(=O)[nH]c1=O)C(=O)O. The Morgan fingerprint density at radius 2 is 2.11 bits per heavy atom. The number of unbranched alkanes of at least 4 members (excludes halogenated alkanes) is 1. The Labute approximate surface area is 107 Å². The minimum absolute atomic E-state index is 0.277. The fourth-order valence-corrected chi connectivity index (χ4v) is 1.48. The van der Waals surface area contributed by atoms with Gasteiger partial charge in [0, 0.05) is 6.20 Å². The molecule has 8 heteroatoms. The summed E-state index contributed by atoms with van der Waals surface area (Å²) < 4.78 is 0. The molecule has 0 bridgehead atoms. The number of carbonyl (C=O) groups is 2. The van der Waals surface area contributed by atoms with Gasteiger partial charge in [-0.3, -0.25) is 14.6 Å². The van der Waals surface area contributed by atoms with E-state index in [-0.39, 0.29) is 12.0 Å². The number of rotatable bonds is 6. The lowest BCUT2D eigenvalue weighted by molar-refractivity contribution is -0.139. The van der Waals surface area contributed by atoms with Crippen LogP contribution in [0.4, 0.5) is 0 Å². The maximum atomic E-state index is 11.7. The number of hydrogen-bond donors (Lipinski definition) is 4. The molecule has 0 aliphatic rings. The zero-order valence-electron chi connectivity index (χ0n) is 10.4. The van der Waals surface area contributed by atoms with E-state index in [1.807, 2.05) is 11.9 Å². The van der Waals surface area contributed by atoms with Gasteiger partial charge in [-0.25, -0.2) is 9.59 Å². The highest BCUT2D eigenvalue weighted by Gasteiger charge is 2.21. The highest BCUT2D eigenvalue weighted by atomic mass is 16.4. The second kappa shape index (κ2) is 6.53. The molecule has 1 aromatic rings. The molecule has 0 fully saturated rings. The van der Waals surface area contributed by atoms with Crippen LogP contribution in [0.15, 0.2) is 15.8 Å². The van der Waals surface area contributed by atoms with Gasteiger partial charge in [0.2, 0.25) is 0 Å². The maximum Gasteiger partial charge on any atom is 0.326 e. The van der Waals surface area contributed by atoms with Gasteiger partial charge >= 0.3 is 11.7 Å². The molecule has 0 aromatic carbocycles. The van der Waals surface area contributed by atoms with Crippen molar-refractivity contribution in [3.05, 3.63) is 32.6 Å².